The molecule has 1 heterocycles. The van der Waals surface area contributed by atoms with Crippen LogP contribution in [0.3, 0.4) is 0 Å². The summed E-state index contributed by atoms with van der Waals surface area (Å²) in [5.41, 5.74) is 14.5. The van der Waals surface area contributed by atoms with Crippen molar-refractivity contribution < 1.29 is 0 Å². The Morgan fingerprint density at radius 1 is 0.316 bits per heavy atom. The Balaban J connectivity index is 1.15. The SMILES string of the molecule is c1ccc(-c2cc(-c3ccccc3)nc(-c3ccc(-c4ccc5c(c4)C(c4ccccc4)(c4ccccc4)c4c-5ccc5ccccc45)c4ccccc34)n2)cc1. The molecule has 0 atom stereocenters. The van der Waals surface area contributed by atoms with Gasteiger partial charge in [-0.3, -0.25) is 0 Å². The molecule has 11 rings (SSSR count). The molecule has 0 N–H and O–H groups in total. The third kappa shape index (κ3) is 5.26. The average Bonchev–Trinajstić information content (AvgIpc) is 3.60. The summed E-state index contributed by atoms with van der Waals surface area (Å²) in [6, 6.07) is 78.8. The van der Waals surface area contributed by atoms with Crippen LogP contribution in [0.15, 0.2) is 218 Å². The van der Waals surface area contributed by atoms with E-state index in [4.69, 9.17) is 9.97 Å². The van der Waals surface area contributed by atoms with E-state index in [1.807, 2.05) is 12.1 Å². The molecule has 0 amide bonds. The molecule has 0 aliphatic heterocycles. The number of aromatic nitrogens is 2. The van der Waals surface area contributed by atoms with Gasteiger partial charge in [0.25, 0.3) is 0 Å². The molecule has 2 heteroatoms. The molecule has 0 saturated heterocycles. The quantitative estimate of drug-likeness (QED) is 0.171. The molecule has 1 aliphatic rings. The number of hydrogen-bond acceptors (Lipinski definition) is 2. The van der Waals surface area contributed by atoms with Crippen molar-refractivity contribution in [1.82, 2.24) is 9.97 Å². The number of hydrogen-bond donors (Lipinski definition) is 0. The third-order valence-electron chi connectivity index (χ3n) is 11.8. The molecule has 9 aromatic carbocycles. The zero-order valence-corrected chi connectivity index (χ0v) is 31.2. The lowest BCUT2D eigenvalue weighted by molar-refractivity contribution is 0.776. The zero-order valence-electron chi connectivity index (χ0n) is 31.2. The minimum absolute atomic E-state index is 0.528. The van der Waals surface area contributed by atoms with Crippen LogP contribution in [0.5, 0.6) is 0 Å². The molecule has 0 radical (unpaired) electrons. The Morgan fingerprint density at radius 3 is 1.40 bits per heavy atom. The summed E-state index contributed by atoms with van der Waals surface area (Å²) in [5.74, 6) is 0.710. The normalized spacial score (nSPS) is 12.7. The largest absolute Gasteiger partial charge is 0.228 e. The van der Waals surface area contributed by atoms with Crippen molar-refractivity contribution in [1.29, 1.82) is 0 Å². The van der Waals surface area contributed by atoms with Gasteiger partial charge < -0.3 is 0 Å². The minimum atomic E-state index is -0.528. The van der Waals surface area contributed by atoms with Crippen LogP contribution in [-0.2, 0) is 5.41 Å². The monoisotopic (exact) mass is 724 g/mol. The van der Waals surface area contributed by atoms with Crippen LogP contribution in [0.25, 0.3) is 77.7 Å². The molecule has 0 unspecified atom stereocenters. The standard InChI is InChI=1S/C55H36N2/c1-5-18-38(19-6-1)51-36-52(39-20-7-2-8-21-39)57-54(56-51)49-34-33-43(45-27-15-16-28-46(45)49)40-30-31-47-48-32-29-37-17-13-14-26-44(37)53(48)55(50(47)35-40,41-22-9-3-10-23-41)42-24-11-4-12-25-42/h1-36H. The highest BCUT2D eigenvalue weighted by molar-refractivity contribution is 6.06. The van der Waals surface area contributed by atoms with Gasteiger partial charge >= 0.3 is 0 Å². The van der Waals surface area contributed by atoms with Crippen molar-refractivity contribution >= 4 is 21.5 Å². The van der Waals surface area contributed by atoms with E-state index < -0.39 is 5.41 Å². The van der Waals surface area contributed by atoms with Gasteiger partial charge in [-0.1, -0.05) is 200 Å². The van der Waals surface area contributed by atoms with E-state index in [2.05, 4.69) is 206 Å². The minimum Gasteiger partial charge on any atom is -0.228 e. The molecule has 0 spiro atoms. The average molecular weight is 725 g/mol. The Labute approximate surface area is 332 Å². The summed E-state index contributed by atoms with van der Waals surface area (Å²) < 4.78 is 0. The summed E-state index contributed by atoms with van der Waals surface area (Å²) in [5, 5.41) is 4.81. The molecule has 1 aliphatic carbocycles. The third-order valence-corrected chi connectivity index (χ3v) is 11.8. The second kappa shape index (κ2) is 13.4. The lowest BCUT2D eigenvalue weighted by Gasteiger charge is -2.35. The van der Waals surface area contributed by atoms with Gasteiger partial charge in [-0.25, -0.2) is 9.97 Å². The van der Waals surface area contributed by atoms with Crippen LogP contribution in [0.4, 0.5) is 0 Å². The second-order valence-electron chi connectivity index (χ2n) is 14.9. The first kappa shape index (κ1) is 33.0. The highest BCUT2D eigenvalue weighted by atomic mass is 14.9. The second-order valence-corrected chi connectivity index (χ2v) is 14.9. The van der Waals surface area contributed by atoms with Crippen LogP contribution in [0, 0.1) is 0 Å². The molecule has 0 bridgehead atoms. The van der Waals surface area contributed by atoms with Crippen LogP contribution < -0.4 is 0 Å². The number of fused-ring (bicyclic) bond motifs is 6. The fourth-order valence-electron chi connectivity index (χ4n) is 9.26. The summed E-state index contributed by atoms with van der Waals surface area (Å²) in [6.45, 7) is 0. The van der Waals surface area contributed by atoms with Crippen LogP contribution in [0.1, 0.15) is 22.3 Å². The first-order valence-electron chi connectivity index (χ1n) is 19.6. The van der Waals surface area contributed by atoms with Gasteiger partial charge in [0.05, 0.1) is 16.8 Å². The van der Waals surface area contributed by atoms with E-state index in [-0.39, 0.29) is 0 Å². The Kier molecular flexibility index (Phi) is 7.75. The lowest BCUT2D eigenvalue weighted by Crippen LogP contribution is -2.28. The topological polar surface area (TPSA) is 25.8 Å². The number of rotatable bonds is 6. The van der Waals surface area contributed by atoms with Gasteiger partial charge in [0.2, 0.25) is 0 Å². The summed E-state index contributed by atoms with van der Waals surface area (Å²) in [4.78, 5) is 10.4. The fraction of sp³-hybridized carbons (Fsp3) is 0.0182. The molecule has 0 saturated carbocycles. The van der Waals surface area contributed by atoms with E-state index in [9.17, 15) is 0 Å². The fourth-order valence-corrected chi connectivity index (χ4v) is 9.26. The van der Waals surface area contributed by atoms with Crippen molar-refractivity contribution in [2.75, 3.05) is 0 Å². The molecule has 10 aromatic rings. The van der Waals surface area contributed by atoms with E-state index >= 15 is 0 Å². The maximum Gasteiger partial charge on any atom is 0.161 e. The van der Waals surface area contributed by atoms with Crippen molar-refractivity contribution in [3.05, 3.63) is 241 Å². The van der Waals surface area contributed by atoms with Crippen LogP contribution in [-0.4, -0.2) is 9.97 Å². The number of benzene rings is 9. The maximum atomic E-state index is 5.22. The Hall–Kier alpha value is -7.42. The van der Waals surface area contributed by atoms with E-state index in [1.54, 1.807) is 0 Å². The molecule has 2 nitrogen and oxygen atoms in total. The first-order valence-corrected chi connectivity index (χ1v) is 19.6. The summed E-state index contributed by atoms with van der Waals surface area (Å²) >= 11 is 0. The van der Waals surface area contributed by atoms with Gasteiger partial charge in [-0.2, -0.15) is 0 Å². The zero-order chi connectivity index (χ0) is 37.8. The van der Waals surface area contributed by atoms with Crippen molar-refractivity contribution in [3.8, 4) is 56.2 Å². The number of nitrogens with zero attached hydrogens (tertiary/aromatic N) is 2. The molecular weight excluding hydrogens is 689 g/mol. The summed E-state index contributed by atoms with van der Waals surface area (Å²) in [7, 11) is 0. The van der Waals surface area contributed by atoms with E-state index in [0.717, 1.165) is 38.9 Å². The predicted octanol–water partition coefficient (Wildman–Crippen LogP) is 13.8. The molecular formula is C55H36N2. The molecule has 266 valence electrons. The Morgan fingerprint density at radius 2 is 0.789 bits per heavy atom. The molecule has 57 heavy (non-hydrogen) atoms. The highest BCUT2D eigenvalue weighted by Gasteiger charge is 2.47. The van der Waals surface area contributed by atoms with Crippen LogP contribution in [0.2, 0.25) is 0 Å². The lowest BCUT2D eigenvalue weighted by atomic mass is 9.66. The van der Waals surface area contributed by atoms with Crippen molar-refractivity contribution in [3.63, 3.8) is 0 Å². The van der Waals surface area contributed by atoms with E-state index in [1.165, 1.54) is 55.3 Å². The van der Waals surface area contributed by atoms with Crippen molar-refractivity contribution in [2.24, 2.45) is 0 Å². The van der Waals surface area contributed by atoms with E-state index in [0.29, 0.717) is 5.82 Å². The van der Waals surface area contributed by atoms with Gasteiger partial charge in [-0.05, 0) is 84.3 Å². The van der Waals surface area contributed by atoms with Gasteiger partial charge in [0.1, 0.15) is 0 Å². The highest BCUT2D eigenvalue weighted by Crippen LogP contribution is 2.58. The van der Waals surface area contributed by atoms with Gasteiger partial charge in [0, 0.05) is 16.7 Å². The summed E-state index contributed by atoms with van der Waals surface area (Å²) in [6.07, 6.45) is 0. The van der Waals surface area contributed by atoms with Gasteiger partial charge in [0.15, 0.2) is 5.82 Å². The van der Waals surface area contributed by atoms with Crippen molar-refractivity contribution in [2.45, 2.75) is 5.41 Å². The molecule has 0 fully saturated rings. The van der Waals surface area contributed by atoms with Gasteiger partial charge in [-0.15, -0.1) is 0 Å². The first-order chi connectivity index (χ1) is 28.3. The van der Waals surface area contributed by atoms with Crippen LogP contribution >= 0.6 is 0 Å². The Bertz CT molecular complexity index is 3000. The predicted molar refractivity (Wildman–Crippen MR) is 236 cm³/mol. The smallest absolute Gasteiger partial charge is 0.161 e. The maximum absolute atomic E-state index is 5.22. The molecule has 1 aromatic heterocycles.